The van der Waals surface area contributed by atoms with Crippen molar-refractivity contribution in [2.75, 3.05) is 58.3 Å². The van der Waals surface area contributed by atoms with Gasteiger partial charge < -0.3 is 24.4 Å². The predicted molar refractivity (Wildman–Crippen MR) is 133 cm³/mol. The van der Waals surface area contributed by atoms with E-state index in [1.54, 1.807) is 31.2 Å². The molecule has 0 atom stereocenters. The second-order valence-corrected chi connectivity index (χ2v) is 9.21. The number of hydrogen-bond donors (Lipinski definition) is 1. The molecule has 4 heterocycles. The van der Waals surface area contributed by atoms with Crippen molar-refractivity contribution in [1.82, 2.24) is 30.1 Å². The van der Waals surface area contributed by atoms with E-state index in [1.165, 1.54) is 4.90 Å². The Kier molecular flexibility index (Phi) is 6.54. The molecule has 1 fully saturated rings. The van der Waals surface area contributed by atoms with E-state index in [1.807, 2.05) is 11.0 Å². The molecule has 2 aromatic heterocycles. The summed E-state index contributed by atoms with van der Waals surface area (Å²) >= 11 is 0. The molecule has 2 amide bonds. The SMILES string of the molecule is CN(C)C(=O)c1cc2cc(C3=CCCN(C(=O)CCn4ccnn4)C3)cc(N3CCNCC3)c2o1. The maximum atomic E-state index is 12.9. The average molecular weight is 478 g/mol. The van der Waals surface area contributed by atoms with Gasteiger partial charge in [-0.2, -0.15) is 0 Å². The van der Waals surface area contributed by atoms with Gasteiger partial charge in [-0.05, 0) is 35.8 Å². The van der Waals surface area contributed by atoms with Crippen molar-refractivity contribution in [1.29, 1.82) is 0 Å². The molecule has 3 aromatic rings. The molecule has 10 nitrogen and oxygen atoms in total. The van der Waals surface area contributed by atoms with Gasteiger partial charge in [0.15, 0.2) is 11.3 Å². The Morgan fingerprint density at radius 3 is 2.71 bits per heavy atom. The van der Waals surface area contributed by atoms with Crippen molar-refractivity contribution < 1.29 is 14.0 Å². The summed E-state index contributed by atoms with van der Waals surface area (Å²) in [7, 11) is 3.44. The van der Waals surface area contributed by atoms with E-state index in [9.17, 15) is 9.59 Å². The molecular weight excluding hydrogens is 446 g/mol. The maximum Gasteiger partial charge on any atom is 0.289 e. The third-order valence-electron chi connectivity index (χ3n) is 6.57. The Bertz CT molecular complexity index is 1240. The molecular formula is C25H31N7O3. The van der Waals surface area contributed by atoms with Crippen LogP contribution in [0.15, 0.2) is 41.1 Å². The van der Waals surface area contributed by atoms with Crippen molar-refractivity contribution in [2.45, 2.75) is 19.4 Å². The summed E-state index contributed by atoms with van der Waals surface area (Å²) < 4.78 is 7.77. The summed E-state index contributed by atoms with van der Waals surface area (Å²) in [4.78, 5) is 31.2. The van der Waals surface area contributed by atoms with Crippen LogP contribution in [0.1, 0.15) is 29.0 Å². The lowest BCUT2D eigenvalue weighted by atomic mass is 9.98. The Labute approximate surface area is 204 Å². The monoisotopic (exact) mass is 477 g/mol. The number of rotatable bonds is 6. The normalized spacial score (nSPS) is 16.5. The Morgan fingerprint density at radius 1 is 1.14 bits per heavy atom. The van der Waals surface area contributed by atoms with E-state index in [4.69, 9.17) is 4.42 Å². The van der Waals surface area contributed by atoms with Gasteiger partial charge in [0.05, 0.1) is 18.4 Å². The first-order chi connectivity index (χ1) is 17.0. The number of hydrogen-bond acceptors (Lipinski definition) is 7. The number of furan rings is 1. The third-order valence-corrected chi connectivity index (χ3v) is 6.57. The number of nitrogens with one attached hydrogen (secondary N) is 1. The van der Waals surface area contributed by atoms with Gasteiger partial charge in [-0.3, -0.25) is 14.3 Å². The minimum Gasteiger partial charge on any atom is -0.449 e. The van der Waals surface area contributed by atoms with E-state index in [0.717, 1.165) is 60.4 Å². The van der Waals surface area contributed by atoms with Gasteiger partial charge in [0.1, 0.15) is 0 Å². The zero-order valence-corrected chi connectivity index (χ0v) is 20.2. The van der Waals surface area contributed by atoms with Crippen LogP contribution in [-0.4, -0.2) is 90.0 Å². The van der Waals surface area contributed by atoms with Crippen LogP contribution in [0.25, 0.3) is 16.5 Å². The number of anilines is 1. The Hall–Kier alpha value is -3.66. The number of carbonyl (C=O) groups is 2. The summed E-state index contributed by atoms with van der Waals surface area (Å²) in [5, 5.41) is 12.0. The highest BCUT2D eigenvalue weighted by molar-refractivity contribution is 6.00. The van der Waals surface area contributed by atoms with Crippen LogP contribution in [0.4, 0.5) is 5.69 Å². The van der Waals surface area contributed by atoms with Crippen LogP contribution in [0, 0.1) is 0 Å². The van der Waals surface area contributed by atoms with Gasteiger partial charge in [-0.1, -0.05) is 11.3 Å². The van der Waals surface area contributed by atoms with Crippen LogP contribution >= 0.6 is 0 Å². The van der Waals surface area contributed by atoms with Crippen LogP contribution in [0.5, 0.6) is 0 Å². The topological polar surface area (TPSA) is 99.7 Å². The molecule has 5 rings (SSSR count). The van der Waals surface area contributed by atoms with E-state index in [-0.39, 0.29) is 11.8 Å². The number of fused-ring (bicyclic) bond motifs is 1. The van der Waals surface area contributed by atoms with Crippen LogP contribution in [0.2, 0.25) is 0 Å². The Balaban J connectivity index is 1.43. The number of carbonyl (C=O) groups excluding carboxylic acids is 2. The molecule has 0 radical (unpaired) electrons. The summed E-state index contributed by atoms with van der Waals surface area (Å²) in [5.74, 6) is 0.285. The van der Waals surface area contributed by atoms with Crippen molar-refractivity contribution in [2.24, 2.45) is 0 Å². The fourth-order valence-electron chi connectivity index (χ4n) is 4.67. The first-order valence-electron chi connectivity index (χ1n) is 12.1. The van der Waals surface area contributed by atoms with Crippen LogP contribution in [-0.2, 0) is 11.3 Å². The molecule has 35 heavy (non-hydrogen) atoms. The second kappa shape index (κ2) is 9.91. The van der Waals surface area contributed by atoms with Crippen molar-refractivity contribution in [3.63, 3.8) is 0 Å². The molecule has 0 aliphatic carbocycles. The first-order valence-corrected chi connectivity index (χ1v) is 12.1. The molecule has 1 aromatic carbocycles. The summed E-state index contributed by atoms with van der Waals surface area (Å²) in [6, 6.07) is 6.06. The molecule has 2 aliphatic rings. The van der Waals surface area contributed by atoms with Gasteiger partial charge >= 0.3 is 0 Å². The quantitative estimate of drug-likeness (QED) is 0.578. The smallest absolute Gasteiger partial charge is 0.289 e. The van der Waals surface area contributed by atoms with Crippen molar-refractivity contribution in [3.8, 4) is 0 Å². The molecule has 0 saturated carbocycles. The molecule has 0 spiro atoms. The molecule has 1 saturated heterocycles. The highest BCUT2D eigenvalue weighted by Gasteiger charge is 2.24. The minimum absolute atomic E-state index is 0.108. The van der Waals surface area contributed by atoms with Gasteiger partial charge in [0.25, 0.3) is 5.91 Å². The van der Waals surface area contributed by atoms with Crippen LogP contribution < -0.4 is 10.2 Å². The summed E-state index contributed by atoms with van der Waals surface area (Å²) in [6.45, 7) is 5.30. The molecule has 10 heteroatoms. The molecule has 0 bridgehead atoms. The number of benzene rings is 1. The van der Waals surface area contributed by atoms with E-state index < -0.39 is 0 Å². The fourth-order valence-corrected chi connectivity index (χ4v) is 4.67. The van der Waals surface area contributed by atoms with Gasteiger partial charge in [0, 0.05) is 71.4 Å². The van der Waals surface area contributed by atoms with E-state index in [2.05, 4.69) is 38.7 Å². The summed E-state index contributed by atoms with van der Waals surface area (Å²) in [6.07, 6.45) is 6.80. The van der Waals surface area contributed by atoms with Gasteiger partial charge in [-0.25, -0.2) is 0 Å². The van der Waals surface area contributed by atoms with Gasteiger partial charge in [-0.15, -0.1) is 5.10 Å². The number of aryl methyl sites for hydroxylation is 1. The zero-order chi connectivity index (χ0) is 24.4. The second-order valence-electron chi connectivity index (χ2n) is 9.21. The third kappa shape index (κ3) is 4.93. The van der Waals surface area contributed by atoms with Crippen LogP contribution in [0.3, 0.4) is 0 Å². The highest BCUT2D eigenvalue weighted by atomic mass is 16.3. The highest BCUT2D eigenvalue weighted by Crippen LogP contribution is 2.35. The largest absolute Gasteiger partial charge is 0.449 e. The number of nitrogens with zero attached hydrogens (tertiary/aromatic N) is 6. The first kappa shape index (κ1) is 23.1. The molecule has 0 unspecified atom stereocenters. The fraction of sp³-hybridized carbons (Fsp3) is 0.440. The lowest BCUT2D eigenvalue weighted by molar-refractivity contribution is -0.131. The van der Waals surface area contributed by atoms with E-state index in [0.29, 0.717) is 31.8 Å². The minimum atomic E-state index is -0.157. The van der Waals surface area contributed by atoms with Crippen molar-refractivity contribution >= 4 is 34.0 Å². The predicted octanol–water partition coefficient (Wildman–Crippen LogP) is 1.84. The van der Waals surface area contributed by atoms with E-state index >= 15 is 0 Å². The molecule has 184 valence electrons. The molecule has 1 N–H and O–H groups in total. The number of amides is 2. The zero-order valence-electron chi connectivity index (χ0n) is 20.2. The van der Waals surface area contributed by atoms with Crippen molar-refractivity contribution in [3.05, 3.63) is 48.0 Å². The number of piperazine rings is 1. The maximum absolute atomic E-state index is 12.9. The standard InChI is InChI=1S/C25H31N7O3/c1-29(2)25(34)22-16-20-14-19(15-21(24(20)35-22)30-11-6-26-7-12-30)18-4-3-9-31(17-18)23(33)5-10-32-13-8-27-28-32/h4,8,13-16,26H,3,5-7,9-12,17H2,1-2H3. The molecule has 2 aliphatic heterocycles. The number of aromatic nitrogens is 3. The summed E-state index contributed by atoms with van der Waals surface area (Å²) in [5.41, 5.74) is 3.90. The lowest BCUT2D eigenvalue weighted by Crippen LogP contribution is -2.43. The lowest BCUT2D eigenvalue weighted by Gasteiger charge is -2.31. The Morgan fingerprint density at radius 2 is 1.97 bits per heavy atom. The van der Waals surface area contributed by atoms with Gasteiger partial charge in [0.2, 0.25) is 5.91 Å². The average Bonchev–Trinajstić information content (AvgIpc) is 3.56.